The lowest BCUT2D eigenvalue weighted by molar-refractivity contribution is -0.130. The van der Waals surface area contributed by atoms with Crippen molar-refractivity contribution in [3.63, 3.8) is 0 Å². The van der Waals surface area contributed by atoms with Crippen LogP contribution in [0.15, 0.2) is 41.8 Å². The molecule has 1 saturated heterocycles. The summed E-state index contributed by atoms with van der Waals surface area (Å²) in [5.41, 5.74) is 1.18. The molecule has 1 aromatic carbocycles. The summed E-state index contributed by atoms with van der Waals surface area (Å²) in [4.78, 5) is 18.0. The van der Waals surface area contributed by atoms with Gasteiger partial charge in [0.2, 0.25) is 5.91 Å². The lowest BCUT2D eigenvalue weighted by atomic mass is 10.2. The highest BCUT2D eigenvalue weighted by molar-refractivity contribution is 7.10. The Balaban J connectivity index is 1.45. The summed E-state index contributed by atoms with van der Waals surface area (Å²) in [5.74, 6) is 1.04. The van der Waals surface area contributed by atoms with Gasteiger partial charge in [0.1, 0.15) is 5.75 Å². The Bertz CT molecular complexity index is 664. The smallest absolute Gasteiger partial charge is 0.236 e. The summed E-state index contributed by atoms with van der Waals surface area (Å²) in [6.07, 6.45) is 0. The van der Waals surface area contributed by atoms with Crippen molar-refractivity contribution >= 4 is 22.9 Å². The van der Waals surface area contributed by atoms with Gasteiger partial charge >= 0.3 is 0 Å². The number of piperazine rings is 1. The standard InChI is InChI=1S/C19H25N3O2S/c1-15(18-4-3-13-25-18)20-14-19(23)22-11-9-21(10-12-22)16-5-7-17(24-2)8-6-16/h3-8,13,15,20H,9-12,14H2,1-2H3. The molecular weight excluding hydrogens is 334 g/mol. The Morgan fingerprint density at radius 1 is 1.20 bits per heavy atom. The van der Waals surface area contributed by atoms with Crippen LogP contribution in [0.25, 0.3) is 0 Å². The SMILES string of the molecule is COc1ccc(N2CCN(C(=O)CNC(C)c3cccs3)CC2)cc1. The second-order valence-electron chi connectivity index (χ2n) is 6.18. The molecule has 1 aliphatic heterocycles. The van der Waals surface area contributed by atoms with Crippen molar-refractivity contribution in [3.05, 3.63) is 46.7 Å². The topological polar surface area (TPSA) is 44.8 Å². The Morgan fingerprint density at radius 2 is 1.92 bits per heavy atom. The summed E-state index contributed by atoms with van der Waals surface area (Å²) in [6, 6.07) is 12.4. The van der Waals surface area contributed by atoms with E-state index in [4.69, 9.17) is 4.74 Å². The first-order valence-corrected chi connectivity index (χ1v) is 9.49. The van der Waals surface area contributed by atoms with Crippen LogP contribution < -0.4 is 15.0 Å². The van der Waals surface area contributed by atoms with Gasteiger partial charge in [-0.3, -0.25) is 4.79 Å². The van der Waals surface area contributed by atoms with E-state index in [1.54, 1.807) is 18.4 Å². The third-order valence-electron chi connectivity index (χ3n) is 4.60. The lowest BCUT2D eigenvalue weighted by Gasteiger charge is -2.36. The largest absolute Gasteiger partial charge is 0.497 e. The molecular formula is C19H25N3O2S. The third-order valence-corrected chi connectivity index (χ3v) is 5.65. The van der Waals surface area contributed by atoms with Gasteiger partial charge in [-0.1, -0.05) is 6.07 Å². The van der Waals surface area contributed by atoms with E-state index in [-0.39, 0.29) is 11.9 Å². The quantitative estimate of drug-likeness (QED) is 0.861. The number of nitrogens with zero attached hydrogens (tertiary/aromatic N) is 2. The molecule has 1 unspecified atom stereocenters. The maximum absolute atomic E-state index is 12.4. The monoisotopic (exact) mass is 359 g/mol. The molecule has 1 aliphatic rings. The van der Waals surface area contributed by atoms with Gasteiger partial charge in [0.15, 0.2) is 0 Å². The van der Waals surface area contributed by atoms with Crippen molar-refractivity contribution in [2.24, 2.45) is 0 Å². The average Bonchev–Trinajstić information content (AvgIpc) is 3.21. The molecule has 0 aliphatic carbocycles. The summed E-state index contributed by atoms with van der Waals surface area (Å²) >= 11 is 1.72. The van der Waals surface area contributed by atoms with Crippen LogP contribution in [0.2, 0.25) is 0 Å². The number of hydrogen-bond acceptors (Lipinski definition) is 5. The number of anilines is 1. The predicted molar refractivity (Wildman–Crippen MR) is 103 cm³/mol. The van der Waals surface area contributed by atoms with Gasteiger partial charge in [-0.05, 0) is 42.6 Å². The second-order valence-corrected chi connectivity index (χ2v) is 7.16. The molecule has 6 heteroatoms. The van der Waals surface area contributed by atoms with Crippen LogP contribution in [0.5, 0.6) is 5.75 Å². The first-order chi connectivity index (χ1) is 12.2. The van der Waals surface area contributed by atoms with Gasteiger partial charge in [-0.2, -0.15) is 0 Å². The fourth-order valence-corrected chi connectivity index (χ4v) is 3.76. The molecule has 1 N–H and O–H groups in total. The number of methoxy groups -OCH3 is 1. The minimum Gasteiger partial charge on any atom is -0.497 e. The number of carbonyl (C=O) groups is 1. The summed E-state index contributed by atoms with van der Waals surface area (Å²) in [5, 5.41) is 5.39. The number of nitrogens with one attached hydrogen (secondary N) is 1. The Hall–Kier alpha value is -2.05. The predicted octanol–water partition coefficient (Wildman–Crippen LogP) is 2.76. The molecule has 0 radical (unpaired) electrons. The molecule has 1 fully saturated rings. The lowest BCUT2D eigenvalue weighted by Crippen LogP contribution is -2.51. The molecule has 3 rings (SSSR count). The van der Waals surface area contributed by atoms with Gasteiger partial charge in [0.05, 0.1) is 13.7 Å². The van der Waals surface area contributed by atoms with Crippen molar-refractivity contribution in [3.8, 4) is 5.75 Å². The Morgan fingerprint density at radius 3 is 2.52 bits per heavy atom. The molecule has 1 amide bonds. The maximum Gasteiger partial charge on any atom is 0.236 e. The number of thiophene rings is 1. The number of carbonyl (C=O) groups excluding carboxylic acids is 1. The normalized spacial score (nSPS) is 15.9. The Kier molecular flexibility index (Phi) is 5.94. The fraction of sp³-hybridized carbons (Fsp3) is 0.421. The van der Waals surface area contributed by atoms with E-state index in [0.717, 1.165) is 31.9 Å². The van der Waals surface area contributed by atoms with E-state index >= 15 is 0 Å². The molecule has 0 spiro atoms. The molecule has 134 valence electrons. The fourth-order valence-electron chi connectivity index (χ4n) is 3.00. The van der Waals surface area contributed by atoms with E-state index < -0.39 is 0 Å². The van der Waals surface area contributed by atoms with Gasteiger partial charge < -0.3 is 19.9 Å². The number of hydrogen-bond donors (Lipinski definition) is 1. The van der Waals surface area contributed by atoms with Gasteiger partial charge in [-0.15, -0.1) is 11.3 Å². The maximum atomic E-state index is 12.4. The van der Waals surface area contributed by atoms with E-state index in [1.807, 2.05) is 23.1 Å². The van der Waals surface area contributed by atoms with Crippen LogP contribution in [0.1, 0.15) is 17.8 Å². The number of amides is 1. The van der Waals surface area contributed by atoms with E-state index in [1.165, 1.54) is 10.6 Å². The van der Waals surface area contributed by atoms with Crippen LogP contribution >= 0.6 is 11.3 Å². The zero-order valence-corrected chi connectivity index (χ0v) is 15.6. The van der Waals surface area contributed by atoms with Crippen molar-refractivity contribution in [2.75, 3.05) is 44.7 Å². The highest BCUT2D eigenvalue weighted by atomic mass is 32.1. The van der Waals surface area contributed by atoms with Crippen LogP contribution in [0.3, 0.4) is 0 Å². The van der Waals surface area contributed by atoms with E-state index in [2.05, 4.69) is 40.7 Å². The van der Waals surface area contributed by atoms with Crippen molar-refractivity contribution in [1.29, 1.82) is 0 Å². The van der Waals surface area contributed by atoms with Crippen molar-refractivity contribution in [2.45, 2.75) is 13.0 Å². The first kappa shape index (κ1) is 17.8. The molecule has 25 heavy (non-hydrogen) atoms. The molecule has 2 aromatic rings. The zero-order valence-electron chi connectivity index (χ0n) is 14.8. The van der Waals surface area contributed by atoms with Crippen LogP contribution in [0, 0.1) is 0 Å². The molecule has 1 aromatic heterocycles. The summed E-state index contributed by atoms with van der Waals surface area (Å²) in [6.45, 7) is 5.74. The third kappa shape index (κ3) is 4.52. The van der Waals surface area contributed by atoms with Crippen LogP contribution in [0.4, 0.5) is 5.69 Å². The number of rotatable bonds is 6. The minimum absolute atomic E-state index is 0.179. The van der Waals surface area contributed by atoms with Gasteiger partial charge in [0, 0.05) is 42.8 Å². The van der Waals surface area contributed by atoms with E-state index in [9.17, 15) is 4.79 Å². The van der Waals surface area contributed by atoms with E-state index in [0.29, 0.717) is 6.54 Å². The minimum atomic E-state index is 0.179. The summed E-state index contributed by atoms with van der Waals surface area (Å²) in [7, 11) is 1.67. The number of ether oxygens (including phenoxy) is 1. The van der Waals surface area contributed by atoms with Crippen LogP contribution in [-0.4, -0.2) is 50.6 Å². The molecule has 0 bridgehead atoms. The molecule has 2 heterocycles. The van der Waals surface area contributed by atoms with Crippen molar-refractivity contribution in [1.82, 2.24) is 10.2 Å². The molecule has 0 saturated carbocycles. The molecule has 1 atom stereocenters. The number of benzene rings is 1. The van der Waals surface area contributed by atoms with Gasteiger partial charge in [-0.25, -0.2) is 0 Å². The highest BCUT2D eigenvalue weighted by Crippen LogP contribution is 2.21. The zero-order chi connectivity index (χ0) is 17.6. The van der Waals surface area contributed by atoms with Crippen LogP contribution in [-0.2, 0) is 4.79 Å². The Labute approximate surface area is 153 Å². The van der Waals surface area contributed by atoms with Gasteiger partial charge in [0.25, 0.3) is 0 Å². The molecule has 5 nitrogen and oxygen atoms in total. The first-order valence-electron chi connectivity index (χ1n) is 8.61. The highest BCUT2D eigenvalue weighted by Gasteiger charge is 2.21. The average molecular weight is 359 g/mol. The second kappa shape index (κ2) is 8.36. The van der Waals surface area contributed by atoms with Crippen molar-refractivity contribution < 1.29 is 9.53 Å². The summed E-state index contributed by atoms with van der Waals surface area (Å²) < 4.78 is 5.20.